The number of pyridine rings is 1. The summed E-state index contributed by atoms with van der Waals surface area (Å²) in [6, 6.07) is 15.0. The third kappa shape index (κ3) is 6.68. The first-order valence-corrected chi connectivity index (χ1v) is 12.6. The van der Waals surface area contributed by atoms with Crippen molar-refractivity contribution in [2.24, 2.45) is 0 Å². The number of anilines is 5. The Kier molecular flexibility index (Phi) is 9.20. The molecule has 206 valence electrons. The minimum absolute atomic E-state index is 0.0575. The lowest BCUT2D eigenvalue weighted by Crippen LogP contribution is -2.35. The van der Waals surface area contributed by atoms with Crippen LogP contribution in [0.25, 0.3) is 0 Å². The van der Waals surface area contributed by atoms with Crippen LogP contribution in [0.2, 0.25) is 10.0 Å². The normalized spacial score (nSPS) is 10.4. The molecule has 0 atom stereocenters. The molecule has 0 spiro atoms. The van der Waals surface area contributed by atoms with Crippen molar-refractivity contribution in [1.29, 1.82) is 0 Å². The molecule has 0 unspecified atom stereocenters. The quantitative estimate of drug-likeness (QED) is 0.215. The van der Waals surface area contributed by atoms with E-state index < -0.39 is 6.03 Å². The number of benzene rings is 2. The molecule has 2 heterocycles. The summed E-state index contributed by atoms with van der Waals surface area (Å²) >= 11 is 13.0. The number of para-hydroxylation sites is 2. The highest BCUT2D eigenvalue weighted by atomic mass is 35.5. The van der Waals surface area contributed by atoms with Gasteiger partial charge in [0, 0.05) is 25.3 Å². The van der Waals surface area contributed by atoms with E-state index in [-0.39, 0.29) is 45.5 Å². The van der Waals surface area contributed by atoms with Gasteiger partial charge in [-0.3, -0.25) is 14.7 Å². The molecule has 0 aliphatic rings. The summed E-state index contributed by atoms with van der Waals surface area (Å²) in [5.41, 5.74) is 1.87. The van der Waals surface area contributed by atoms with Gasteiger partial charge in [-0.25, -0.2) is 14.8 Å². The second-order valence-corrected chi connectivity index (χ2v) is 8.99. The summed E-state index contributed by atoms with van der Waals surface area (Å²) in [4.78, 5) is 39.7. The van der Waals surface area contributed by atoms with Gasteiger partial charge in [0.1, 0.15) is 39.5 Å². The highest BCUT2D eigenvalue weighted by Gasteiger charge is 2.24. The third-order valence-corrected chi connectivity index (χ3v) is 6.28. The van der Waals surface area contributed by atoms with Crippen LogP contribution in [0, 0.1) is 0 Å². The van der Waals surface area contributed by atoms with Gasteiger partial charge in [0.2, 0.25) is 5.91 Å². The molecular weight excluding hydrogens is 557 g/mol. The standard InChI is InChI=1S/C27H25Cl2N7O4/c1-16(37)33-18-9-4-5-10-19(18)34-22-13-23(32-15-31-22)36(14-17-8-6-7-11-30-17)27(38)35-26-24(28)20(39-2)12-21(40-3)25(26)29/h4-13,15H,14H2,1-3H3,(H,33,37)(H,35,38)(H,31,32,34). The summed E-state index contributed by atoms with van der Waals surface area (Å²) in [5, 5.41) is 8.87. The van der Waals surface area contributed by atoms with E-state index in [0.29, 0.717) is 22.9 Å². The number of urea groups is 1. The number of hydrogen-bond donors (Lipinski definition) is 3. The Labute approximate surface area is 240 Å². The van der Waals surface area contributed by atoms with E-state index in [1.807, 2.05) is 12.1 Å². The van der Waals surface area contributed by atoms with Gasteiger partial charge >= 0.3 is 6.03 Å². The summed E-state index contributed by atoms with van der Waals surface area (Å²) in [6.07, 6.45) is 2.93. The number of aromatic nitrogens is 3. The number of amides is 3. The maximum absolute atomic E-state index is 13.7. The molecule has 0 bridgehead atoms. The van der Waals surface area contributed by atoms with Crippen molar-refractivity contribution in [3.05, 3.63) is 82.9 Å². The van der Waals surface area contributed by atoms with E-state index in [1.165, 1.54) is 38.4 Å². The number of nitrogens with zero attached hydrogens (tertiary/aromatic N) is 4. The lowest BCUT2D eigenvalue weighted by atomic mass is 10.2. The molecule has 3 amide bonds. The van der Waals surface area contributed by atoms with Crippen LogP contribution in [0.3, 0.4) is 0 Å². The SMILES string of the molecule is COc1cc(OC)c(Cl)c(NC(=O)N(Cc2ccccn2)c2cc(Nc3ccccc3NC(C)=O)ncn2)c1Cl. The van der Waals surface area contributed by atoms with Crippen LogP contribution in [-0.2, 0) is 11.3 Å². The van der Waals surface area contributed by atoms with E-state index in [0.717, 1.165) is 0 Å². The summed E-state index contributed by atoms with van der Waals surface area (Å²) < 4.78 is 10.6. The fourth-order valence-corrected chi connectivity index (χ4v) is 4.27. The first-order chi connectivity index (χ1) is 19.3. The molecule has 4 rings (SSSR count). The number of carbonyl (C=O) groups excluding carboxylic acids is 2. The summed E-state index contributed by atoms with van der Waals surface area (Å²) in [5.74, 6) is 0.935. The van der Waals surface area contributed by atoms with Crippen molar-refractivity contribution in [3.63, 3.8) is 0 Å². The molecule has 4 aromatic rings. The van der Waals surface area contributed by atoms with Gasteiger partial charge in [0.15, 0.2) is 0 Å². The molecule has 2 aromatic carbocycles. The van der Waals surface area contributed by atoms with Gasteiger partial charge in [-0.2, -0.15) is 0 Å². The zero-order chi connectivity index (χ0) is 28.6. The second-order valence-electron chi connectivity index (χ2n) is 8.23. The average molecular weight is 582 g/mol. The van der Waals surface area contributed by atoms with Gasteiger partial charge in [-0.05, 0) is 24.3 Å². The molecule has 0 radical (unpaired) electrons. The highest BCUT2D eigenvalue weighted by Crippen LogP contribution is 2.44. The number of nitrogens with one attached hydrogen (secondary N) is 3. The third-order valence-electron chi connectivity index (χ3n) is 5.53. The molecule has 0 aliphatic heterocycles. The fraction of sp³-hybridized carbons (Fsp3) is 0.148. The predicted octanol–water partition coefficient (Wildman–Crippen LogP) is 6.14. The maximum Gasteiger partial charge on any atom is 0.327 e. The Morgan fingerprint density at radius 3 is 2.17 bits per heavy atom. The van der Waals surface area contributed by atoms with Crippen molar-refractivity contribution in [3.8, 4) is 11.5 Å². The van der Waals surface area contributed by atoms with Crippen LogP contribution in [0.4, 0.5) is 33.5 Å². The Hall–Kier alpha value is -4.61. The number of methoxy groups -OCH3 is 2. The van der Waals surface area contributed by atoms with Crippen molar-refractivity contribution in [1.82, 2.24) is 15.0 Å². The van der Waals surface area contributed by atoms with Gasteiger partial charge < -0.3 is 25.4 Å². The summed E-state index contributed by atoms with van der Waals surface area (Å²) in [7, 11) is 2.88. The monoisotopic (exact) mass is 581 g/mol. The van der Waals surface area contributed by atoms with E-state index in [1.54, 1.807) is 42.6 Å². The smallest absolute Gasteiger partial charge is 0.327 e. The Morgan fingerprint density at radius 1 is 0.875 bits per heavy atom. The first-order valence-electron chi connectivity index (χ1n) is 11.8. The topological polar surface area (TPSA) is 131 Å². The van der Waals surface area contributed by atoms with E-state index >= 15 is 0 Å². The fourth-order valence-electron chi connectivity index (χ4n) is 3.67. The zero-order valence-electron chi connectivity index (χ0n) is 21.7. The average Bonchev–Trinajstić information content (AvgIpc) is 2.95. The molecular formula is C27H25Cl2N7O4. The largest absolute Gasteiger partial charge is 0.495 e. The van der Waals surface area contributed by atoms with Crippen molar-refractivity contribution < 1.29 is 19.1 Å². The molecule has 3 N–H and O–H groups in total. The molecule has 0 aliphatic carbocycles. The van der Waals surface area contributed by atoms with E-state index in [4.69, 9.17) is 32.7 Å². The molecule has 0 saturated heterocycles. The van der Waals surface area contributed by atoms with Gasteiger partial charge in [0.05, 0.1) is 43.5 Å². The van der Waals surface area contributed by atoms with E-state index in [2.05, 4.69) is 30.9 Å². The number of ether oxygens (including phenoxy) is 2. The van der Waals surface area contributed by atoms with Crippen molar-refractivity contribution >= 4 is 63.8 Å². The van der Waals surface area contributed by atoms with Crippen LogP contribution >= 0.6 is 23.2 Å². The molecule has 2 aromatic heterocycles. The first kappa shape index (κ1) is 28.4. The lowest BCUT2D eigenvalue weighted by molar-refractivity contribution is -0.114. The summed E-state index contributed by atoms with van der Waals surface area (Å²) in [6.45, 7) is 1.48. The number of carbonyl (C=O) groups is 2. The Bertz CT molecular complexity index is 1490. The van der Waals surface area contributed by atoms with Crippen LogP contribution in [0.5, 0.6) is 11.5 Å². The lowest BCUT2D eigenvalue weighted by Gasteiger charge is -2.24. The van der Waals surface area contributed by atoms with Gasteiger partial charge in [0.25, 0.3) is 0 Å². The van der Waals surface area contributed by atoms with E-state index in [9.17, 15) is 9.59 Å². The van der Waals surface area contributed by atoms with Gasteiger partial charge in [-0.1, -0.05) is 41.4 Å². The number of rotatable bonds is 9. The van der Waals surface area contributed by atoms with Crippen LogP contribution < -0.4 is 30.3 Å². The minimum Gasteiger partial charge on any atom is -0.495 e. The molecule has 13 heteroatoms. The Morgan fingerprint density at radius 2 is 1.55 bits per heavy atom. The molecule has 11 nitrogen and oxygen atoms in total. The molecule has 0 fully saturated rings. The van der Waals surface area contributed by atoms with Crippen LogP contribution in [0.15, 0.2) is 67.1 Å². The maximum atomic E-state index is 13.7. The Balaban J connectivity index is 1.70. The minimum atomic E-state index is -0.604. The van der Waals surface area contributed by atoms with Crippen LogP contribution in [0.1, 0.15) is 12.6 Å². The van der Waals surface area contributed by atoms with Crippen molar-refractivity contribution in [2.45, 2.75) is 13.5 Å². The van der Waals surface area contributed by atoms with Crippen LogP contribution in [-0.4, -0.2) is 41.1 Å². The highest BCUT2D eigenvalue weighted by molar-refractivity contribution is 6.41. The number of hydrogen-bond acceptors (Lipinski definition) is 8. The molecule has 40 heavy (non-hydrogen) atoms. The van der Waals surface area contributed by atoms with Gasteiger partial charge in [-0.15, -0.1) is 0 Å². The zero-order valence-corrected chi connectivity index (χ0v) is 23.2. The predicted molar refractivity (Wildman–Crippen MR) is 155 cm³/mol. The second kappa shape index (κ2) is 13.0. The van der Waals surface area contributed by atoms with Crippen molar-refractivity contribution in [2.75, 3.05) is 35.1 Å². The number of halogens is 2. The molecule has 0 saturated carbocycles.